The summed E-state index contributed by atoms with van der Waals surface area (Å²) >= 11 is 0. The molecule has 0 saturated carbocycles. The van der Waals surface area contributed by atoms with Crippen LogP contribution in [0.2, 0.25) is 0 Å². The van der Waals surface area contributed by atoms with Crippen LogP contribution < -0.4 is 5.73 Å². The monoisotopic (exact) mass is 199 g/mol. The van der Waals surface area contributed by atoms with E-state index in [4.69, 9.17) is 10.2 Å². The van der Waals surface area contributed by atoms with Crippen molar-refractivity contribution in [3.05, 3.63) is 36.7 Å². The largest absolute Gasteiger partial charge is 0.432 e. The van der Waals surface area contributed by atoms with Gasteiger partial charge < -0.3 is 15.1 Å². The van der Waals surface area contributed by atoms with E-state index in [1.165, 1.54) is 0 Å². The van der Waals surface area contributed by atoms with E-state index in [2.05, 4.69) is 9.97 Å². The molecule has 74 valence electrons. The summed E-state index contributed by atoms with van der Waals surface area (Å²) in [5.41, 5.74) is 8.28. The van der Waals surface area contributed by atoms with E-state index in [0.29, 0.717) is 0 Å². The zero-order valence-corrected chi connectivity index (χ0v) is 7.90. The van der Waals surface area contributed by atoms with Gasteiger partial charge in [-0.25, -0.2) is 0 Å². The first-order chi connectivity index (χ1) is 7.34. The number of hydrogen-bond donors (Lipinski definition) is 2. The number of aromatic amines is 1. The van der Waals surface area contributed by atoms with Gasteiger partial charge in [0, 0.05) is 22.7 Å². The van der Waals surface area contributed by atoms with Gasteiger partial charge in [0.2, 0.25) is 0 Å². The normalized spacial score (nSPS) is 10.9. The molecule has 0 spiro atoms. The minimum atomic E-state index is 0.190. The summed E-state index contributed by atoms with van der Waals surface area (Å²) in [6.45, 7) is 0. The molecule has 2 heterocycles. The van der Waals surface area contributed by atoms with Gasteiger partial charge in [-0.3, -0.25) is 0 Å². The second-order valence-corrected chi connectivity index (χ2v) is 3.32. The Balaban J connectivity index is 2.27. The predicted molar refractivity (Wildman–Crippen MR) is 58.2 cm³/mol. The first-order valence-electron chi connectivity index (χ1n) is 4.62. The average Bonchev–Trinajstić information content (AvgIpc) is 2.83. The van der Waals surface area contributed by atoms with Crippen molar-refractivity contribution in [2.24, 2.45) is 0 Å². The summed E-state index contributed by atoms with van der Waals surface area (Å²) < 4.78 is 4.99. The molecule has 3 N–H and O–H groups in total. The Morgan fingerprint density at radius 1 is 1.27 bits per heavy atom. The number of para-hydroxylation sites is 1. The highest BCUT2D eigenvalue weighted by molar-refractivity contribution is 5.94. The summed E-state index contributed by atoms with van der Waals surface area (Å²) in [4.78, 5) is 7.27. The number of nitrogens with zero attached hydrogens (tertiary/aromatic N) is 1. The van der Waals surface area contributed by atoms with Crippen molar-refractivity contribution in [3.63, 3.8) is 0 Å². The second-order valence-electron chi connectivity index (χ2n) is 3.32. The number of benzene rings is 1. The molecule has 4 nitrogen and oxygen atoms in total. The number of aromatic nitrogens is 2. The fourth-order valence-electron chi connectivity index (χ4n) is 1.69. The van der Waals surface area contributed by atoms with Crippen LogP contribution in [0.5, 0.6) is 0 Å². The van der Waals surface area contributed by atoms with Gasteiger partial charge in [0.25, 0.3) is 6.01 Å². The second kappa shape index (κ2) is 2.88. The topological polar surface area (TPSA) is 67.8 Å². The van der Waals surface area contributed by atoms with Crippen molar-refractivity contribution < 1.29 is 4.42 Å². The number of H-pyrrole nitrogens is 1. The molecule has 3 rings (SSSR count). The third kappa shape index (κ3) is 1.19. The van der Waals surface area contributed by atoms with E-state index in [0.717, 1.165) is 22.2 Å². The van der Waals surface area contributed by atoms with Crippen molar-refractivity contribution in [1.29, 1.82) is 0 Å². The molecular formula is C11H9N3O. The van der Waals surface area contributed by atoms with Crippen LogP contribution in [-0.4, -0.2) is 9.97 Å². The zero-order chi connectivity index (χ0) is 10.3. The van der Waals surface area contributed by atoms with Crippen LogP contribution in [0.1, 0.15) is 0 Å². The van der Waals surface area contributed by atoms with Crippen LogP contribution in [-0.2, 0) is 0 Å². The van der Waals surface area contributed by atoms with Crippen molar-refractivity contribution in [2.45, 2.75) is 0 Å². The Morgan fingerprint density at radius 2 is 2.13 bits per heavy atom. The minimum Gasteiger partial charge on any atom is -0.432 e. The maximum absolute atomic E-state index is 5.44. The van der Waals surface area contributed by atoms with Crippen molar-refractivity contribution in [1.82, 2.24) is 9.97 Å². The van der Waals surface area contributed by atoms with E-state index in [9.17, 15) is 0 Å². The SMILES string of the molecule is Nc1nc(-c2c[nH]c3ccccc23)co1. The Kier molecular flexibility index (Phi) is 1.56. The number of nitrogens with one attached hydrogen (secondary N) is 1. The number of rotatable bonds is 1. The summed E-state index contributed by atoms with van der Waals surface area (Å²) in [5.74, 6) is 0. The number of nitrogen functional groups attached to an aromatic ring is 1. The molecule has 4 heteroatoms. The van der Waals surface area contributed by atoms with Crippen molar-refractivity contribution in [2.75, 3.05) is 5.73 Å². The molecule has 0 amide bonds. The van der Waals surface area contributed by atoms with E-state index >= 15 is 0 Å². The molecule has 15 heavy (non-hydrogen) atoms. The minimum absolute atomic E-state index is 0.190. The lowest BCUT2D eigenvalue weighted by Crippen LogP contribution is -1.82. The Morgan fingerprint density at radius 3 is 2.93 bits per heavy atom. The van der Waals surface area contributed by atoms with Gasteiger partial charge >= 0.3 is 0 Å². The molecule has 1 aromatic carbocycles. The molecule has 0 saturated heterocycles. The van der Waals surface area contributed by atoms with Crippen molar-refractivity contribution in [3.8, 4) is 11.3 Å². The number of oxazole rings is 1. The number of fused-ring (bicyclic) bond motifs is 1. The molecule has 0 atom stereocenters. The van der Waals surface area contributed by atoms with Crippen LogP contribution in [0.15, 0.2) is 41.1 Å². The molecule has 0 unspecified atom stereocenters. The number of anilines is 1. The first kappa shape index (κ1) is 8.11. The third-order valence-corrected chi connectivity index (χ3v) is 2.39. The highest BCUT2D eigenvalue weighted by atomic mass is 16.4. The van der Waals surface area contributed by atoms with Crippen LogP contribution >= 0.6 is 0 Å². The lowest BCUT2D eigenvalue weighted by atomic mass is 10.1. The standard InChI is InChI=1S/C11H9N3O/c12-11-14-10(6-15-11)8-5-13-9-4-2-1-3-7(8)9/h1-6,13H,(H2,12,14). The van der Waals surface area contributed by atoms with Gasteiger partial charge in [-0.1, -0.05) is 18.2 Å². The molecule has 0 radical (unpaired) electrons. The zero-order valence-electron chi connectivity index (χ0n) is 7.90. The van der Waals surface area contributed by atoms with Gasteiger partial charge in [-0.2, -0.15) is 4.98 Å². The van der Waals surface area contributed by atoms with Gasteiger partial charge in [-0.05, 0) is 6.07 Å². The highest BCUT2D eigenvalue weighted by Gasteiger charge is 2.08. The number of nitrogens with two attached hydrogens (primary N) is 1. The fraction of sp³-hybridized carbons (Fsp3) is 0. The van der Waals surface area contributed by atoms with Gasteiger partial charge in [0.15, 0.2) is 0 Å². The quantitative estimate of drug-likeness (QED) is 0.632. The summed E-state index contributed by atoms with van der Waals surface area (Å²) in [6.07, 6.45) is 3.47. The molecule has 3 aromatic rings. The molecule has 0 aliphatic rings. The molecule has 2 aromatic heterocycles. The molecule has 0 bridgehead atoms. The highest BCUT2D eigenvalue weighted by Crippen LogP contribution is 2.27. The summed E-state index contributed by atoms with van der Waals surface area (Å²) in [7, 11) is 0. The maximum atomic E-state index is 5.44. The van der Waals surface area contributed by atoms with E-state index in [-0.39, 0.29) is 6.01 Å². The van der Waals surface area contributed by atoms with E-state index < -0.39 is 0 Å². The average molecular weight is 199 g/mol. The van der Waals surface area contributed by atoms with Crippen LogP contribution in [0.25, 0.3) is 22.2 Å². The Labute approximate surface area is 85.7 Å². The van der Waals surface area contributed by atoms with Crippen LogP contribution in [0.3, 0.4) is 0 Å². The van der Waals surface area contributed by atoms with Crippen LogP contribution in [0, 0.1) is 0 Å². The smallest absolute Gasteiger partial charge is 0.292 e. The Bertz CT molecular complexity index is 609. The fourth-order valence-corrected chi connectivity index (χ4v) is 1.69. The van der Waals surface area contributed by atoms with Gasteiger partial charge in [0.1, 0.15) is 12.0 Å². The lowest BCUT2D eigenvalue weighted by molar-refractivity contribution is 0.581. The van der Waals surface area contributed by atoms with Gasteiger partial charge in [-0.15, -0.1) is 0 Å². The molecule has 0 aliphatic heterocycles. The predicted octanol–water partition coefficient (Wildman–Crippen LogP) is 2.41. The number of hydrogen-bond acceptors (Lipinski definition) is 3. The van der Waals surface area contributed by atoms with Crippen molar-refractivity contribution >= 4 is 16.9 Å². The molecule has 0 aliphatic carbocycles. The van der Waals surface area contributed by atoms with E-state index in [1.54, 1.807) is 6.26 Å². The van der Waals surface area contributed by atoms with Crippen LogP contribution in [0.4, 0.5) is 6.01 Å². The molecular weight excluding hydrogens is 190 g/mol. The van der Waals surface area contributed by atoms with Gasteiger partial charge in [0.05, 0.1) is 0 Å². The first-order valence-corrected chi connectivity index (χ1v) is 4.62. The molecule has 0 fully saturated rings. The Hall–Kier alpha value is -2.23. The maximum Gasteiger partial charge on any atom is 0.292 e. The van der Waals surface area contributed by atoms with E-state index in [1.807, 2.05) is 30.5 Å². The lowest BCUT2D eigenvalue weighted by Gasteiger charge is -1.91. The summed E-state index contributed by atoms with van der Waals surface area (Å²) in [6, 6.07) is 8.22. The third-order valence-electron chi connectivity index (χ3n) is 2.39. The summed E-state index contributed by atoms with van der Waals surface area (Å²) in [5, 5.41) is 1.12.